The maximum atomic E-state index is 12.3. The molecular weight excluding hydrogens is 332 g/mol. The molecule has 0 saturated heterocycles. The second-order valence-electron chi connectivity index (χ2n) is 7.09. The lowest BCUT2D eigenvalue weighted by Crippen LogP contribution is -2.34. The zero-order chi connectivity index (χ0) is 19.3. The SMILES string of the molecule is CCC(CC)(CC(=O)Nc1ccc(CN(C(C)=O)C2CC2)cc1)C(=O)O. The molecule has 6 heteroatoms. The van der Waals surface area contributed by atoms with E-state index in [0.29, 0.717) is 31.1 Å². The molecule has 0 bridgehead atoms. The lowest BCUT2D eigenvalue weighted by molar-refractivity contribution is -0.151. The molecule has 1 aliphatic carbocycles. The highest BCUT2D eigenvalue weighted by molar-refractivity contribution is 5.94. The molecule has 1 saturated carbocycles. The summed E-state index contributed by atoms with van der Waals surface area (Å²) < 4.78 is 0. The molecular formula is C20H28N2O4. The number of rotatable bonds is 9. The van der Waals surface area contributed by atoms with Crippen molar-refractivity contribution < 1.29 is 19.5 Å². The van der Waals surface area contributed by atoms with Crippen molar-refractivity contribution >= 4 is 23.5 Å². The summed E-state index contributed by atoms with van der Waals surface area (Å²) in [4.78, 5) is 37.4. The number of nitrogens with one attached hydrogen (secondary N) is 1. The number of nitrogens with zero attached hydrogens (tertiary/aromatic N) is 1. The van der Waals surface area contributed by atoms with E-state index in [1.807, 2.05) is 17.0 Å². The van der Waals surface area contributed by atoms with Crippen molar-refractivity contribution in [2.45, 2.75) is 65.5 Å². The Hall–Kier alpha value is -2.37. The first-order valence-electron chi connectivity index (χ1n) is 9.20. The number of carbonyl (C=O) groups is 3. The number of amides is 2. The first-order valence-corrected chi connectivity index (χ1v) is 9.20. The van der Waals surface area contributed by atoms with Crippen molar-refractivity contribution in [2.24, 2.45) is 5.41 Å². The average molecular weight is 360 g/mol. The van der Waals surface area contributed by atoms with Gasteiger partial charge in [0, 0.05) is 31.6 Å². The fraction of sp³-hybridized carbons (Fsp3) is 0.550. The zero-order valence-electron chi connectivity index (χ0n) is 15.7. The Morgan fingerprint density at radius 3 is 2.15 bits per heavy atom. The van der Waals surface area contributed by atoms with Gasteiger partial charge in [0.2, 0.25) is 11.8 Å². The number of hydrogen-bond acceptors (Lipinski definition) is 3. The molecule has 0 heterocycles. The minimum atomic E-state index is -1.02. The van der Waals surface area contributed by atoms with Crippen LogP contribution in [0.25, 0.3) is 0 Å². The van der Waals surface area contributed by atoms with Crippen LogP contribution >= 0.6 is 0 Å². The van der Waals surface area contributed by atoms with Gasteiger partial charge in [-0.25, -0.2) is 0 Å². The summed E-state index contributed by atoms with van der Waals surface area (Å²) in [6, 6.07) is 7.72. The molecule has 26 heavy (non-hydrogen) atoms. The summed E-state index contributed by atoms with van der Waals surface area (Å²) in [6.45, 7) is 5.74. The predicted molar refractivity (Wildman–Crippen MR) is 99.6 cm³/mol. The molecule has 2 amide bonds. The Morgan fingerprint density at radius 2 is 1.73 bits per heavy atom. The van der Waals surface area contributed by atoms with Crippen LogP contribution in [0, 0.1) is 5.41 Å². The third-order valence-electron chi connectivity index (χ3n) is 5.29. The standard InChI is InChI=1S/C20H28N2O4/c1-4-20(5-2,19(25)26)12-18(24)21-16-8-6-15(7-9-16)13-22(14(3)23)17-10-11-17/h6-9,17H,4-5,10-13H2,1-3H3,(H,21,24)(H,25,26). The maximum absolute atomic E-state index is 12.3. The third kappa shape index (κ3) is 4.84. The Morgan fingerprint density at radius 1 is 1.15 bits per heavy atom. The van der Waals surface area contributed by atoms with Gasteiger partial charge in [-0.2, -0.15) is 0 Å². The van der Waals surface area contributed by atoms with E-state index in [0.717, 1.165) is 18.4 Å². The fourth-order valence-electron chi connectivity index (χ4n) is 3.16. The van der Waals surface area contributed by atoms with Gasteiger partial charge >= 0.3 is 5.97 Å². The van der Waals surface area contributed by atoms with Gasteiger partial charge < -0.3 is 15.3 Å². The molecule has 0 atom stereocenters. The third-order valence-corrected chi connectivity index (χ3v) is 5.29. The highest BCUT2D eigenvalue weighted by Crippen LogP contribution is 2.31. The molecule has 142 valence electrons. The van der Waals surface area contributed by atoms with Crippen LogP contribution in [0.4, 0.5) is 5.69 Å². The summed E-state index contributed by atoms with van der Waals surface area (Å²) in [6.07, 6.45) is 2.90. The molecule has 0 aromatic heterocycles. The molecule has 0 spiro atoms. The highest BCUT2D eigenvalue weighted by Gasteiger charge is 2.37. The van der Waals surface area contributed by atoms with Crippen molar-refractivity contribution in [3.8, 4) is 0 Å². The minimum Gasteiger partial charge on any atom is -0.481 e. The normalized spacial score (nSPS) is 14.0. The van der Waals surface area contributed by atoms with Crippen LogP contribution in [-0.4, -0.2) is 33.8 Å². The largest absolute Gasteiger partial charge is 0.481 e. The van der Waals surface area contributed by atoms with Gasteiger partial charge in [-0.3, -0.25) is 14.4 Å². The summed E-state index contributed by atoms with van der Waals surface area (Å²) in [5.41, 5.74) is 0.620. The average Bonchev–Trinajstić information content (AvgIpc) is 3.43. The first-order chi connectivity index (χ1) is 12.3. The molecule has 1 aromatic carbocycles. The van der Waals surface area contributed by atoms with Crippen molar-refractivity contribution in [3.05, 3.63) is 29.8 Å². The number of carbonyl (C=O) groups excluding carboxylic acids is 2. The van der Waals surface area contributed by atoms with Crippen LogP contribution in [0.1, 0.15) is 58.4 Å². The van der Waals surface area contributed by atoms with Gasteiger partial charge in [0.05, 0.1) is 5.41 Å². The maximum Gasteiger partial charge on any atom is 0.310 e. The second kappa shape index (κ2) is 8.34. The molecule has 1 fully saturated rings. The number of carboxylic acids is 1. The van der Waals surface area contributed by atoms with Crippen LogP contribution in [0.2, 0.25) is 0 Å². The van der Waals surface area contributed by atoms with Gasteiger partial charge in [0.1, 0.15) is 0 Å². The highest BCUT2D eigenvalue weighted by atomic mass is 16.4. The molecule has 6 nitrogen and oxygen atoms in total. The fourth-order valence-corrected chi connectivity index (χ4v) is 3.16. The molecule has 0 aliphatic heterocycles. The summed E-state index contributed by atoms with van der Waals surface area (Å²) in [5.74, 6) is -1.15. The van der Waals surface area contributed by atoms with E-state index in [2.05, 4.69) is 5.32 Å². The Kier molecular flexibility index (Phi) is 6.40. The molecule has 1 aliphatic rings. The van der Waals surface area contributed by atoms with Crippen LogP contribution in [0.3, 0.4) is 0 Å². The van der Waals surface area contributed by atoms with Gasteiger partial charge in [0.25, 0.3) is 0 Å². The van der Waals surface area contributed by atoms with Crippen LogP contribution in [0.5, 0.6) is 0 Å². The van der Waals surface area contributed by atoms with E-state index in [1.165, 1.54) is 0 Å². The van der Waals surface area contributed by atoms with Crippen molar-refractivity contribution in [2.75, 3.05) is 5.32 Å². The van der Waals surface area contributed by atoms with Gasteiger partial charge in [0.15, 0.2) is 0 Å². The van der Waals surface area contributed by atoms with Gasteiger partial charge in [-0.15, -0.1) is 0 Å². The topological polar surface area (TPSA) is 86.7 Å². The first kappa shape index (κ1) is 19.9. The second-order valence-corrected chi connectivity index (χ2v) is 7.09. The monoisotopic (exact) mass is 360 g/mol. The lowest BCUT2D eigenvalue weighted by Gasteiger charge is -2.25. The zero-order valence-corrected chi connectivity index (χ0v) is 15.7. The summed E-state index contributed by atoms with van der Waals surface area (Å²) in [7, 11) is 0. The number of benzene rings is 1. The molecule has 2 rings (SSSR count). The van der Waals surface area contributed by atoms with Crippen molar-refractivity contribution in [1.82, 2.24) is 4.90 Å². The van der Waals surface area contributed by atoms with Crippen LogP contribution in [0.15, 0.2) is 24.3 Å². The van der Waals surface area contributed by atoms with Crippen LogP contribution in [-0.2, 0) is 20.9 Å². The number of hydrogen-bond donors (Lipinski definition) is 2. The Bertz CT molecular complexity index is 661. The predicted octanol–water partition coefficient (Wildman–Crippen LogP) is 3.42. The molecule has 0 radical (unpaired) electrons. The van der Waals surface area contributed by atoms with E-state index in [1.54, 1.807) is 32.9 Å². The molecule has 0 unspecified atom stereocenters. The summed E-state index contributed by atoms with van der Waals surface area (Å²) >= 11 is 0. The van der Waals surface area contributed by atoms with Crippen molar-refractivity contribution in [1.29, 1.82) is 0 Å². The van der Waals surface area contributed by atoms with Crippen molar-refractivity contribution in [3.63, 3.8) is 0 Å². The Balaban J connectivity index is 1.97. The Labute approximate surface area is 154 Å². The molecule has 2 N–H and O–H groups in total. The quantitative estimate of drug-likeness (QED) is 0.706. The van der Waals surface area contributed by atoms with E-state index in [9.17, 15) is 19.5 Å². The van der Waals surface area contributed by atoms with E-state index in [4.69, 9.17) is 0 Å². The lowest BCUT2D eigenvalue weighted by atomic mass is 9.79. The molecule has 1 aromatic rings. The van der Waals surface area contributed by atoms with Crippen LogP contribution < -0.4 is 5.32 Å². The minimum absolute atomic E-state index is 0.0448. The van der Waals surface area contributed by atoms with Gasteiger partial charge in [-0.05, 0) is 43.4 Å². The number of anilines is 1. The smallest absolute Gasteiger partial charge is 0.310 e. The number of carboxylic acid groups (broad SMARTS) is 1. The van der Waals surface area contributed by atoms with E-state index >= 15 is 0 Å². The summed E-state index contributed by atoms with van der Waals surface area (Å²) in [5, 5.41) is 12.2. The van der Waals surface area contributed by atoms with Gasteiger partial charge in [-0.1, -0.05) is 26.0 Å². The van der Waals surface area contributed by atoms with E-state index in [-0.39, 0.29) is 18.2 Å². The van der Waals surface area contributed by atoms with E-state index < -0.39 is 11.4 Å². The number of aliphatic carboxylic acids is 1.